The van der Waals surface area contributed by atoms with Crippen molar-refractivity contribution >= 4 is 15.9 Å². The van der Waals surface area contributed by atoms with E-state index in [-0.39, 0.29) is 11.9 Å². The normalized spacial score (nSPS) is 12.4. The predicted octanol–water partition coefficient (Wildman–Crippen LogP) is 4.90. The van der Waals surface area contributed by atoms with Crippen LogP contribution in [0, 0.1) is 19.7 Å². The second-order valence-electron chi connectivity index (χ2n) is 5.02. The third-order valence-corrected chi connectivity index (χ3v) is 4.09. The molecule has 2 aromatic rings. The number of hydrogen-bond acceptors (Lipinski definition) is 1. The van der Waals surface area contributed by atoms with Gasteiger partial charge in [-0.25, -0.2) is 4.39 Å². The summed E-state index contributed by atoms with van der Waals surface area (Å²) in [4.78, 5) is 0. The van der Waals surface area contributed by atoms with E-state index in [2.05, 4.69) is 53.3 Å². The fourth-order valence-corrected chi connectivity index (χ4v) is 2.99. The minimum absolute atomic E-state index is 0.00919. The molecule has 0 aliphatic heterocycles. The zero-order chi connectivity index (χ0) is 14.7. The maximum absolute atomic E-state index is 13.8. The SMILES string of the molecule is CCNC(c1ccc(C)c(F)c1)c1ccc(C)cc1Br. The Bertz CT molecular complexity index is 610. The summed E-state index contributed by atoms with van der Waals surface area (Å²) in [6, 6.07) is 11.7. The molecule has 0 aromatic heterocycles. The first-order valence-corrected chi connectivity index (χ1v) is 7.57. The standard InChI is InChI=1S/C17H19BrFN/c1-4-20-17(13-7-6-12(3)16(19)10-13)14-8-5-11(2)9-15(14)18/h5-10,17,20H,4H2,1-3H3. The molecule has 2 aromatic carbocycles. The first-order chi connectivity index (χ1) is 9.52. The van der Waals surface area contributed by atoms with Crippen molar-refractivity contribution in [2.45, 2.75) is 26.8 Å². The van der Waals surface area contributed by atoms with Crippen molar-refractivity contribution < 1.29 is 4.39 Å². The summed E-state index contributed by atoms with van der Waals surface area (Å²) in [6.45, 7) is 6.71. The minimum atomic E-state index is -0.159. The lowest BCUT2D eigenvalue weighted by Gasteiger charge is -2.21. The Morgan fingerprint density at radius 3 is 2.50 bits per heavy atom. The average Bonchev–Trinajstić information content (AvgIpc) is 2.40. The van der Waals surface area contributed by atoms with E-state index in [0.717, 1.165) is 22.1 Å². The molecule has 1 N–H and O–H groups in total. The highest BCUT2D eigenvalue weighted by molar-refractivity contribution is 9.10. The maximum atomic E-state index is 13.8. The summed E-state index contributed by atoms with van der Waals surface area (Å²) >= 11 is 3.61. The Morgan fingerprint density at radius 2 is 1.90 bits per heavy atom. The van der Waals surface area contributed by atoms with Gasteiger partial charge in [0.05, 0.1) is 6.04 Å². The van der Waals surface area contributed by atoms with Crippen LogP contribution in [0.2, 0.25) is 0 Å². The van der Waals surface area contributed by atoms with Crippen LogP contribution in [0.15, 0.2) is 40.9 Å². The number of nitrogens with one attached hydrogen (secondary N) is 1. The topological polar surface area (TPSA) is 12.0 Å². The van der Waals surface area contributed by atoms with Crippen LogP contribution < -0.4 is 5.32 Å². The largest absolute Gasteiger partial charge is 0.306 e. The molecule has 0 radical (unpaired) electrons. The fraction of sp³-hybridized carbons (Fsp3) is 0.294. The van der Waals surface area contributed by atoms with Crippen molar-refractivity contribution in [2.24, 2.45) is 0 Å². The Hall–Kier alpha value is -1.19. The van der Waals surface area contributed by atoms with Crippen molar-refractivity contribution in [3.8, 4) is 0 Å². The molecule has 1 unspecified atom stereocenters. The van der Waals surface area contributed by atoms with Crippen molar-refractivity contribution in [3.63, 3.8) is 0 Å². The number of benzene rings is 2. The lowest BCUT2D eigenvalue weighted by Crippen LogP contribution is -2.22. The average molecular weight is 336 g/mol. The third kappa shape index (κ3) is 3.28. The van der Waals surface area contributed by atoms with Gasteiger partial charge in [-0.1, -0.05) is 47.1 Å². The molecule has 0 aliphatic carbocycles. The molecule has 0 saturated heterocycles. The maximum Gasteiger partial charge on any atom is 0.126 e. The molecule has 3 heteroatoms. The zero-order valence-electron chi connectivity index (χ0n) is 12.0. The molecule has 1 atom stereocenters. The van der Waals surface area contributed by atoms with Crippen LogP contribution in [0.1, 0.15) is 35.2 Å². The van der Waals surface area contributed by atoms with Crippen LogP contribution in [-0.4, -0.2) is 6.54 Å². The van der Waals surface area contributed by atoms with Crippen molar-refractivity contribution in [1.82, 2.24) is 5.32 Å². The zero-order valence-corrected chi connectivity index (χ0v) is 13.6. The van der Waals surface area contributed by atoms with Crippen molar-refractivity contribution in [3.05, 3.63) is 68.9 Å². The highest BCUT2D eigenvalue weighted by Crippen LogP contribution is 2.30. The lowest BCUT2D eigenvalue weighted by molar-refractivity contribution is 0.596. The van der Waals surface area contributed by atoms with Gasteiger partial charge < -0.3 is 5.32 Å². The van der Waals surface area contributed by atoms with Crippen LogP contribution in [0.3, 0.4) is 0 Å². The minimum Gasteiger partial charge on any atom is -0.306 e. The summed E-state index contributed by atoms with van der Waals surface area (Å²) in [7, 11) is 0. The van der Waals surface area contributed by atoms with Gasteiger partial charge in [0.1, 0.15) is 5.82 Å². The van der Waals surface area contributed by atoms with E-state index >= 15 is 0 Å². The van der Waals surface area contributed by atoms with Gasteiger partial charge in [0.2, 0.25) is 0 Å². The fourth-order valence-electron chi connectivity index (χ4n) is 2.27. The molecule has 0 fully saturated rings. The lowest BCUT2D eigenvalue weighted by atomic mass is 9.96. The van der Waals surface area contributed by atoms with Gasteiger partial charge in [-0.05, 0) is 54.8 Å². The van der Waals surface area contributed by atoms with Gasteiger partial charge in [-0.3, -0.25) is 0 Å². The molecule has 106 valence electrons. The molecule has 1 nitrogen and oxygen atoms in total. The van der Waals surface area contributed by atoms with E-state index in [1.165, 1.54) is 5.56 Å². The third-order valence-electron chi connectivity index (χ3n) is 3.40. The van der Waals surface area contributed by atoms with E-state index < -0.39 is 0 Å². The number of hydrogen-bond donors (Lipinski definition) is 1. The highest BCUT2D eigenvalue weighted by atomic mass is 79.9. The molecule has 0 aliphatic rings. The first-order valence-electron chi connectivity index (χ1n) is 6.78. The molecule has 0 bridgehead atoms. The van der Waals surface area contributed by atoms with Crippen LogP contribution in [0.5, 0.6) is 0 Å². The second kappa shape index (κ2) is 6.51. The van der Waals surface area contributed by atoms with Crippen LogP contribution >= 0.6 is 15.9 Å². The number of rotatable bonds is 4. The van der Waals surface area contributed by atoms with Crippen molar-refractivity contribution in [1.29, 1.82) is 0 Å². The van der Waals surface area contributed by atoms with Crippen LogP contribution in [-0.2, 0) is 0 Å². The van der Waals surface area contributed by atoms with Crippen LogP contribution in [0.25, 0.3) is 0 Å². The predicted molar refractivity (Wildman–Crippen MR) is 85.5 cm³/mol. The Kier molecular flexibility index (Phi) is 4.95. The molecular weight excluding hydrogens is 317 g/mol. The Morgan fingerprint density at radius 1 is 1.15 bits per heavy atom. The van der Waals surface area contributed by atoms with E-state index in [1.807, 2.05) is 12.1 Å². The van der Waals surface area contributed by atoms with Crippen molar-refractivity contribution in [2.75, 3.05) is 6.54 Å². The number of aryl methyl sites for hydroxylation is 2. The summed E-state index contributed by atoms with van der Waals surface area (Å²) in [5.41, 5.74) is 3.94. The Balaban J connectivity index is 2.47. The van der Waals surface area contributed by atoms with E-state index in [9.17, 15) is 4.39 Å². The van der Waals surface area contributed by atoms with Gasteiger partial charge >= 0.3 is 0 Å². The molecule has 0 spiro atoms. The molecular formula is C17H19BrFN. The summed E-state index contributed by atoms with van der Waals surface area (Å²) in [5.74, 6) is -0.159. The summed E-state index contributed by atoms with van der Waals surface area (Å²) in [6.07, 6.45) is 0. The number of halogens is 2. The molecule has 0 amide bonds. The smallest absolute Gasteiger partial charge is 0.126 e. The molecule has 2 rings (SSSR count). The van der Waals surface area contributed by atoms with E-state index in [1.54, 1.807) is 13.0 Å². The molecule has 0 heterocycles. The summed E-state index contributed by atoms with van der Waals surface area (Å²) in [5, 5.41) is 3.43. The highest BCUT2D eigenvalue weighted by Gasteiger charge is 2.16. The quantitative estimate of drug-likeness (QED) is 0.837. The second-order valence-corrected chi connectivity index (χ2v) is 5.88. The Labute approximate surface area is 128 Å². The first kappa shape index (κ1) is 15.2. The summed E-state index contributed by atoms with van der Waals surface area (Å²) < 4.78 is 14.9. The van der Waals surface area contributed by atoms with Crippen LogP contribution in [0.4, 0.5) is 4.39 Å². The van der Waals surface area contributed by atoms with Gasteiger partial charge in [0.25, 0.3) is 0 Å². The van der Waals surface area contributed by atoms with Gasteiger partial charge in [0, 0.05) is 4.47 Å². The van der Waals surface area contributed by atoms with Gasteiger partial charge in [0.15, 0.2) is 0 Å². The molecule has 20 heavy (non-hydrogen) atoms. The molecule has 0 saturated carbocycles. The van der Waals surface area contributed by atoms with E-state index in [0.29, 0.717) is 5.56 Å². The van der Waals surface area contributed by atoms with E-state index in [4.69, 9.17) is 0 Å². The van der Waals surface area contributed by atoms with Gasteiger partial charge in [-0.2, -0.15) is 0 Å². The monoisotopic (exact) mass is 335 g/mol. The van der Waals surface area contributed by atoms with Gasteiger partial charge in [-0.15, -0.1) is 0 Å².